The second-order valence-corrected chi connectivity index (χ2v) is 7.45. The van der Waals surface area contributed by atoms with Crippen molar-refractivity contribution in [3.05, 3.63) is 29.8 Å². The Balaban J connectivity index is 1.33. The van der Waals surface area contributed by atoms with Gasteiger partial charge in [-0.05, 0) is 49.9 Å². The van der Waals surface area contributed by atoms with Gasteiger partial charge in [-0.2, -0.15) is 0 Å². The molecule has 0 aromatic heterocycles. The number of hydrogen-bond acceptors (Lipinski definition) is 4. The predicted octanol–water partition coefficient (Wildman–Crippen LogP) is 2.13. The van der Waals surface area contributed by atoms with E-state index in [2.05, 4.69) is 23.2 Å². The van der Waals surface area contributed by atoms with Crippen molar-refractivity contribution in [3.8, 4) is 5.75 Å². The first-order chi connectivity index (χ1) is 12.6. The van der Waals surface area contributed by atoms with Crippen LogP contribution in [0.2, 0.25) is 0 Å². The lowest BCUT2D eigenvalue weighted by Gasteiger charge is -2.39. The van der Waals surface area contributed by atoms with Crippen LogP contribution in [0, 0.1) is 12.8 Å². The van der Waals surface area contributed by atoms with Crippen LogP contribution in [0.3, 0.4) is 0 Å². The first kappa shape index (κ1) is 19.0. The number of ether oxygens (including phenoxy) is 2. The summed E-state index contributed by atoms with van der Waals surface area (Å²) >= 11 is 0. The van der Waals surface area contributed by atoms with E-state index in [0.717, 1.165) is 38.5 Å². The first-order valence-electron chi connectivity index (χ1n) is 9.61. The maximum atomic E-state index is 12.3. The molecule has 1 aromatic rings. The number of urea groups is 1. The molecule has 2 aliphatic rings. The third kappa shape index (κ3) is 5.35. The third-order valence-corrected chi connectivity index (χ3v) is 5.18. The molecule has 1 atom stereocenters. The summed E-state index contributed by atoms with van der Waals surface area (Å²) in [5.74, 6) is 1.42. The molecule has 6 nitrogen and oxygen atoms in total. The number of rotatable bonds is 7. The fourth-order valence-corrected chi connectivity index (χ4v) is 3.64. The van der Waals surface area contributed by atoms with Gasteiger partial charge in [-0.25, -0.2) is 4.79 Å². The predicted molar refractivity (Wildman–Crippen MR) is 102 cm³/mol. The number of nitrogens with one attached hydrogen (secondary N) is 1. The molecule has 1 unspecified atom stereocenters. The number of carbonyl (C=O) groups excluding carboxylic acids is 1. The minimum absolute atomic E-state index is 0.0307. The summed E-state index contributed by atoms with van der Waals surface area (Å²) in [4.78, 5) is 16.6. The molecule has 1 aromatic carbocycles. The van der Waals surface area contributed by atoms with E-state index < -0.39 is 0 Å². The number of nitrogens with zero attached hydrogens (tertiary/aromatic N) is 2. The van der Waals surface area contributed by atoms with Crippen LogP contribution in [0.25, 0.3) is 0 Å². The monoisotopic (exact) mass is 361 g/mol. The van der Waals surface area contributed by atoms with Gasteiger partial charge in [0.25, 0.3) is 0 Å². The van der Waals surface area contributed by atoms with Crippen molar-refractivity contribution in [2.24, 2.45) is 5.92 Å². The maximum absolute atomic E-state index is 12.3. The Morgan fingerprint density at radius 1 is 1.31 bits per heavy atom. The van der Waals surface area contributed by atoms with Crippen molar-refractivity contribution >= 4 is 6.03 Å². The van der Waals surface area contributed by atoms with E-state index in [-0.39, 0.29) is 12.1 Å². The Morgan fingerprint density at radius 3 is 2.92 bits per heavy atom. The molecule has 2 fully saturated rings. The van der Waals surface area contributed by atoms with E-state index in [4.69, 9.17) is 9.47 Å². The lowest BCUT2D eigenvalue weighted by atomic mass is 9.98. The molecular weight excluding hydrogens is 330 g/mol. The molecule has 26 heavy (non-hydrogen) atoms. The minimum Gasteiger partial charge on any atom is -0.487 e. The SMILES string of the molecule is COCCN1CCCC(CNC(=O)N2CC(Oc3cccc(C)c3)C2)C1. The number of amides is 2. The summed E-state index contributed by atoms with van der Waals surface area (Å²) in [7, 11) is 1.74. The van der Waals surface area contributed by atoms with E-state index in [0.29, 0.717) is 19.0 Å². The zero-order valence-corrected chi connectivity index (χ0v) is 15.9. The Labute approximate surface area is 156 Å². The van der Waals surface area contributed by atoms with E-state index in [1.54, 1.807) is 7.11 Å². The fraction of sp³-hybridized carbons (Fsp3) is 0.650. The summed E-state index contributed by atoms with van der Waals surface area (Å²) in [5.41, 5.74) is 1.18. The van der Waals surface area contributed by atoms with Crippen LogP contribution in [0.1, 0.15) is 18.4 Å². The molecule has 0 radical (unpaired) electrons. The Morgan fingerprint density at radius 2 is 2.15 bits per heavy atom. The van der Waals surface area contributed by atoms with E-state index >= 15 is 0 Å². The quantitative estimate of drug-likeness (QED) is 0.808. The van der Waals surface area contributed by atoms with Gasteiger partial charge in [-0.15, -0.1) is 0 Å². The third-order valence-electron chi connectivity index (χ3n) is 5.18. The number of likely N-dealkylation sites (tertiary alicyclic amines) is 2. The topological polar surface area (TPSA) is 54.0 Å². The van der Waals surface area contributed by atoms with E-state index in [9.17, 15) is 4.79 Å². The smallest absolute Gasteiger partial charge is 0.317 e. The van der Waals surface area contributed by atoms with Gasteiger partial charge in [0.2, 0.25) is 0 Å². The summed E-state index contributed by atoms with van der Waals surface area (Å²) in [6.45, 7) is 8.05. The van der Waals surface area contributed by atoms with Crippen LogP contribution >= 0.6 is 0 Å². The Kier molecular flexibility index (Phi) is 6.74. The molecule has 144 valence electrons. The number of benzene rings is 1. The van der Waals surface area contributed by atoms with Crippen LogP contribution in [0.15, 0.2) is 24.3 Å². The highest BCUT2D eigenvalue weighted by atomic mass is 16.5. The first-order valence-corrected chi connectivity index (χ1v) is 9.61. The highest BCUT2D eigenvalue weighted by Gasteiger charge is 2.32. The highest BCUT2D eigenvalue weighted by Crippen LogP contribution is 2.20. The largest absolute Gasteiger partial charge is 0.487 e. The molecule has 2 amide bonds. The van der Waals surface area contributed by atoms with Gasteiger partial charge in [-0.3, -0.25) is 0 Å². The summed E-state index contributed by atoms with van der Waals surface area (Å²) in [5, 5.41) is 3.10. The Hall–Kier alpha value is -1.79. The summed E-state index contributed by atoms with van der Waals surface area (Å²) in [6, 6.07) is 8.07. The van der Waals surface area contributed by atoms with Crippen LogP contribution in [0.5, 0.6) is 5.75 Å². The lowest BCUT2D eigenvalue weighted by molar-refractivity contribution is 0.0434. The molecule has 6 heteroatoms. The van der Waals surface area contributed by atoms with Crippen molar-refractivity contribution in [1.29, 1.82) is 0 Å². The minimum atomic E-state index is 0.0307. The van der Waals surface area contributed by atoms with Gasteiger partial charge >= 0.3 is 6.03 Å². The van der Waals surface area contributed by atoms with Gasteiger partial charge in [-0.1, -0.05) is 12.1 Å². The van der Waals surface area contributed by atoms with Crippen LogP contribution < -0.4 is 10.1 Å². The number of piperidine rings is 1. The number of aryl methyl sites for hydroxylation is 1. The van der Waals surface area contributed by atoms with Crippen LogP contribution in [-0.2, 0) is 4.74 Å². The van der Waals surface area contributed by atoms with Gasteiger partial charge in [0.1, 0.15) is 11.9 Å². The standard InChI is InChI=1S/C20H31N3O3/c1-16-5-3-7-18(11-16)26-19-14-23(15-19)20(24)21-12-17-6-4-8-22(13-17)9-10-25-2/h3,5,7,11,17,19H,4,6,8-10,12-15H2,1-2H3,(H,21,24). The molecule has 1 N–H and O–H groups in total. The number of methoxy groups -OCH3 is 1. The average molecular weight is 361 g/mol. The van der Waals surface area contributed by atoms with E-state index in [1.807, 2.05) is 23.1 Å². The normalized spacial score (nSPS) is 21.3. The van der Waals surface area contributed by atoms with Crippen molar-refractivity contribution in [2.75, 3.05) is 53.0 Å². The second-order valence-electron chi connectivity index (χ2n) is 7.45. The van der Waals surface area contributed by atoms with Crippen molar-refractivity contribution < 1.29 is 14.3 Å². The fourth-order valence-electron chi connectivity index (χ4n) is 3.64. The number of carbonyl (C=O) groups is 1. The lowest BCUT2D eigenvalue weighted by Crippen LogP contribution is -2.59. The van der Waals surface area contributed by atoms with Gasteiger partial charge in [0.05, 0.1) is 19.7 Å². The van der Waals surface area contributed by atoms with Gasteiger partial charge in [0.15, 0.2) is 0 Å². The molecule has 2 aliphatic heterocycles. The maximum Gasteiger partial charge on any atom is 0.317 e. The second kappa shape index (κ2) is 9.24. The Bertz CT molecular complexity index is 589. The van der Waals surface area contributed by atoms with Crippen molar-refractivity contribution in [3.63, 3.8) is 0 Å². The summed E-state index contributed by atoms with van der Waals surface area (Å²) in [6.07, 6.45) is 2.48. The molecule has 0 aliphatic carbocycles. The van der Waals surface area contributed by atoms with Crippen molar-refractivity contribution in [1.82, 2.24) is 15.1 Å². The zero-order chi connectivity index (χ0) is 18.4. The van der Waals surface area contributed by atoms with Crippen LogP contribution in [0.4, 0.5) is 4.79 Å². The molecule has 0 spiro atoms. The zero-order valence-electron chi connectivity index (χ0n) is 15.9. The molecular formula is C20H31N3O3. The molecule has 2 heterocycles. The highest BCUT2D eigenvalue weighted by molar-refractivity contribution is 5.75. The summed E-state index contributed by atoms with van der Waals surface area (Å²) < 4.78 is 11.1. The van der Waals surface area contributed by atoms with Gasteiger partial charge in [0, 0.05) is 26.7 Å². The number of hydrogen-bond donors (Lipinski definition) is 1. The molecule has 0 bridgehead atoms. The van der Waals surface area contributed by atoms with Crippen molar-refractivity contribution in [2.45, 2.75) is 25.9 Å². The molecule has 3 rings (SSSR count). The average Bonchev–Trinajstić information content (AvgIpc) is 2.61. The van der Waals surface area contributed by atoms with Crippen LogP contribution in [-0.4, -0.2) is 74.9 Å². The van der Waals surface area contributed by atoms with Gasteiger partial charge < -0.3 is 24.6 Å². The molecule has 2 saturated heterocycles. The van der Waals surface area contributed by atoms with E-state index in [1.165, 1.54) is 18.4 Å². The molecule has 0 saturated carbocycles.